The molecule has 1 amide bonds. The van der Waals surface area contributed by atoms with Gasteiger partial charge < -0.3 is 10.1 Å². The molecule has 0 aliphatic rings. The summed E-state index contributed by atoms with van der Waals surface area (Å²) in [4.78, 5) is 11.1. The average molecular weight is 186 g/mol. The summed E-state index contributed by atoms with van der Waals surface area (Å²) in [7, 11) is 0. The quantitative estimate of drug-likeness (QED) is 0.734. The van der Waals surface area contributed by atoms with Crippen LogP contribution < -0.4 is 5.32 Å². The molecule has 0 rings (SSSR count). The van der Waals surface area contributed by atoms with Crippen LogP contribution in [0.4, 0.5) is 4.79 Å². The Labute approximate surface area is 80.8 Å². The fourth-order valence-electron chi connectivity index (χ4n) is 0.735. The fourth-order valence-corrected chi connectivity index (χ4v) is 0.735. The van der Waals surface area contributed by atoms with Crippen LogP contribution >= 0.6 is 0 Å². The summed E-state index contributed by atoms with van der Waals surface area (Å²) in [5.74, 6) is 0.356. The van der Waals surface area contributed by atoms with Crippen molar-refractivity contribution in [3.05, 3.63) is 6.92 Å². The number of carbonyl (C=O) groups excluding carboxylic acids is 1. The van der Waals surface area contributed by atoms with Crippen LogP contribution in [0.3, 0.4) is 0 Å². The molecule has 1 unspecified atom stereocenters. The number of amides is 1. The van der Waals surface area contributed by atoms with Crippen molar-refractivity contribution < 1.29 is 9.53 Å². The van der Waals surface area contributed by atoms with E-state index in [0.717, 1.165) is 6.42 Å². The third kappa shape index (κ3) is 9.18. The first-order valence-electron chi connectivity index (χ1n) is 4.61. The monoisotopic (exact) mass is 186 g/mol. The number of rotatable bonds is 3. The topological polar surface area (TPSA) is 38.3 Å². The smallest absolute Gasteiger partial charge is 0.407 e. The van der Waals surface area contributed by atoms with Gasteiger partial charge in [-0.3, -0.25) is 0 Å². The van der Waals surface area contributed by atoms with Crippen LogP contribution in [0.15, 0.2) is 0 Å². The van der Waals surface area contributed by atoms with E-state index in [1.807, 2.05) is 27.7 Å². The predicted molar refractivity (Wildman–Crippen MR) is 53.4 cm³/mol. The van der Waals surface area contributed by atoms with Gasteiger partial charge in [0, 0.05) is 6.54 Å². The number of nitrogens with one attached hydrogen (secondary N) is 1. The zero-order chi connectivity index (χ0) is 10.5. The Morgan fingerprint density at radius 1 is 1.54 bits per heavy atom. The molecule has 3 heteroatoms. The maximum atomic E-state index is 11.1. The lowest BCUT2D eigenvalue weighted by Gasteiger charge is -2.19. The highest BCUT2D eigenvalue weighted by molar-refractivity contribution is 5.67. The molecule has 13 heavy (non-hydrogen) atoms. The van der Waals surface area contributed by atoms with Crippen molar-refractivity contribution in [2.45, 2.75) is 39.7 Å². The number of carbonyl (C=O) groups is 1. The Morgan fingerprint density at radius 2 is 2.08 bits per heavy atom. The third-order valence-corrected chi connectivity index (χ3v) is 1.31. The summed E-state index contributed by atoms with van der Waals surface area (Å²) in [6.45, 7) is 12.0. The summed E-state index contributed by atoms with van der Waals surface area (Å²) in [6, 6.07) is 0. The van der Waals surface area contributed by atoms with E-state index in [4.69, 9.17) is 4.74 Å². The summed E-state index contributed by atoms with van der Waals surface area (Å²) < 4.78 is 5.05. The normalized spacial score (nSPS) is 11.5. The Hall–Kier alpha value is -0.730. The summed E-state index contributed by atoms with van der Waals surface area (Å²) in [5.41, 5.74) is -0.417. The van der Waals surface area contributed by atoms with Crippen LogP contribution in [0.2, 0.25) is 0 Å². The van der Waals surface area contributed by atoms with Crippen molar-refractivity contribution in [2.24, 2.45) is 5.92 Å². The van der Waals surface area contributed by atoms with Gasteiger partial charge in [-0.2, -0.15) is 0 Å². The fraction of sp³-hybridized carbons (Fsp3) is 0.800. The van der Waals surface area contributed by atoms with Crippen LogP contribution in [-0.4, -0.2) is 18.2 Å². The molecule has 0 saturated carbocycles. The number of ether oxygens (including phenoxy) is 1. The van der Waals surface area contributed by atoms with Gasteiger partial charge in [0.25, 0.3) is 0 Å². The Kier molecular flexibility index (Phi) is 4.81. The van der Waals surface area contributed by atoms with E-state index < -0.39 is 5.60 Å². The Morgan fingerprint density at radius 3 is 2.46 bits per heavy atom. The molecule has 3 nitrogen and oxygen atoms in total. The molecular formula is C10H20NO2. The van der Waals surface area contributed by atoms with Gasteiger partial charge in [0.15, 0.2) is 0 Å². The largest absolute Gasteiger partial charge is 0.444 e. The SMILES string of the molecule is [CH2]C(C)CCNC(=O)OC(C)(C)C. The average Bonchev–Trinajstić information content (AvgIpc) is 1.81. The van der Waals surface area contributed by atoms with Crippen LogP contribution in [0, 0.1) is 12.8 Å². The Balaban J connectivity index is 3.53. The van der Waals surface area contributed by atoms with Crippen LogP contribution in [0.25, 0.3) is 0 Å². The second kappa shape index (κ2) is 5.10. The van der Waals surface area contributed by atoms with Gasteiger partial charge in [-0.25, -0.2) is 4.79 Å². The molecule has 1 radical (unpaired) electrons. The zero-order valence-electron chi connectivity index (χ0n) is 9.02. The minimum absolute atomic E-state index is 0.354. The van der Waals surface area contributed by atoms with E-state index in [2.05, 4.69) is 12.2 Å². The predicted octanol–water partition coefficient (Wildman–Crippen LogP) is 2.37. The molecule has 0 spiro atoms. The van der Waals surface area contributed by atoms with Gasteiger partial charge in [-0.15, -0.1) is 0 Å². The van der Waals surface area contributed by atoms with Gasteiger partial charge in [0.1, 0.15) is 5.60 Å². The van der Waals surface area contributed by atoms with Gasteiger partial charge in [-0.05, 0) is 33.1 Å². The third-order valence-electron chi connectivity index (χ3n) is 1.31. The molecular weight excluding hydrogens is 166 g/mol. The highest BCUT2D eigenvalue weighted by atomic mass is 16.6. The molecule has 0 aromatic rings. The van der Waals surface area contributed by atoms with E-state index in [1.165, 1.54) is 0 Å². The molecule has 0 fully saturated rings. The van der Waals surface area contributed by atoms with Crippen molar-refractivity contribution in [2.75, 3.05) is 6.54 Å². The number of hydrogen-bond donors (Lipinski definition) is 1. The van der Waals surface area contributed by atoms with Crippen molar-refractivity contribution in [1.82, 2.24) is 5.32 Å². The molecule has 1 N–H and O–H groups in total. The van der Waals surface area contributed by atoms with E-state index in [0.29, 0.717) is 12.5 Å². The minimum Gasteiger partial charge on any atom is -0.444 e. The van der Waals surface area contributed by atoms with E-state index in [1.54, 1.807) is 0 Å². The molecule has 1 atom stereocenters. The number of hydrogen-bond acceptors (Lipinski definition) is 2. The highest BCUT2D eigenvalue weighted by Gasteiger charge is 2.15. The first kappa shape index (κ1) is 12.3. The van der Waals surface area contributed by atoms with Gasteiger partial charge in [0.05, 0.1) is 0 Å². The van der Waals surface area contributed by atoms with Crippen LogP contribution in [0.5, 0.6) is 0 Å². The molecule has 0 aliphatic carbocycles. The summed E-state index contributed by atoms with van der Waals surface area (Å²) in [5, 5.41) is 2.67. The zero-order valence-corrected chi connectivity index (χ0v) is 9.02. The summed E-state index contributed by atoms with van der Waals surface area (Å²) >= 11 is 0. The van der Waals surface area contributed by atoms with Gasteiger partial charge in [0.2, 0.25) is 0 Å². The second-order valence-electron chi connectivity index (χ2n) is 4.32. The molecule has 0 aromatic heterocycles. The molecule has 0 aromatic carbocycles. The van der Waals surface area contributed by atoms with Crippen molar-refractivity contribution in [3.63, 3.8) is 0 Å². The molecule has 0 bridgehead atoms. The minimum atomic E-state index is -0.417. The lowest BCUT2D eigenvalue weighted by atomic mass is 10.1. The summed E-state index contributed by atoms with van der Waals surface area (Å²) in [6.07, 6.45) is 0.521. The van der Waals surface area contributed by atoms with Crippen molar-refractivity contribution >= 4 is 6.09 Å². The first-order chi connectivity index (χ1) is 5.81. The molecule has 0 saturated heterocycles. The first-order valence-corrected chi connectivity index (χ1v) is 4.61. The highest BCUT2D eigenvalue weighted by Crippen LogP contribution is 2.06. The lowest BCUT2D eigenvalue weighted by Crippen LogP contribution is -2.33. The van der Waals surface area contributed by atoms with Crippen LogP contribution in [0.1, 0.15) is 34.1 Å². The lowest BCUT2D eigenvalue weighted by molar-refractivity contribution is 0.0526. The van der Waals surface area contributed by atoms with E-state index >= 15 is 0 Å². The Bertz CT molecular complexity index is 159. The van der Waals surface area contributed by atoms with E-state index in [9.17, 15) is 4.79 Å². The second-order valence-corrected chi connectivity index (χ2v) is 4.32. The van der Waals surface area contributed by atoms with E-state index in [-0.39, 0.29) is 6.09 Å². The molecule has 0 aliphatic heterocycles. The number of alkyl carbamates (subject to hydrolysis) is 1. The molecule has 0 heterocycles. The standard InChI is InChI=1S/C10H20NO2/c1-8(2)6-7-11-9(12)13-10(3,4)5/h8H,1,6-7H2,2-5H3,(H,11,12). The van der Waals surface area contributed by atoms with Crippen molar-refractivity contribution in [1.29, 1.82) is 0 Å². The van der Waals surface area contributed by atoms with Gasteiger partial charge in [-0.1, -0.05) is 13.8 Å². The van der Waals surface area contributed by atoms with Crippen LogP contribution in [-0.2, 0) is 4.74 Å². The van der Waals surface area contributed by atoms with Gasteiger partial charge >= 0.3 is 6.09 Å². The van der Waals surface area contributed by atoms with Crippen molar-refractivity contribution in [3.8, 4) is 0 Å². The maximum absolute atomic E-state index is 11.1. The maximum Gasteiger partial charge on any atom is 0.407 e. The molecule has 77 valence electrons.